The van der Waals surface area contributed by atoms with Gasteiger partial charge in [0.2, 0.25) is 17.8 Å². The molecule has 0 aliphatic heterocycles. The molecule has 34 heavy (non-hydrogen) atoms. The maximum Gasteiger partial charge on any atom is 0.326 e. The van der Waals surface area contributed by atoms with Crippen LogP contribution in [0.2, 0.25) is 0 Å². The third kappa shape index (κ3) is 7.37. The molecule has 178 valence electrons. The molecule has 2 aromatic rings. The van der Waals surface area contributed by atoms with Crippen LogP contribution in [0.3, 0.4) is 0 Å². The highest BCUT2D eigenvalue weighted by Gasteiger charge is 2.36. The Morgan fingerprint density at radius 3 is 2.29 bits per heavy atom. The van der Waals surface area contributed by atoms with E-state index < -0.39 is 42.3 Å². The third-order valence-electron chi connectivity index (χ3n) is 4.88. The van der Waals surface area contributed by atoms with Gasteiger partial charge in [-0.1, -0.05) is 43.7 Å². The van der Waals surface area contributed by atoms with Gasteiger partial charge in [-0.3, -0.25) is 19.3 Å². The summed E-state index contributed by atoms with van der Waals surface area (Å²) in [7, 11) is 0. The highest BCUT2D eigenvalue weighted by atomic mass is 16.4. The fraction of sp³-hybridized carbons (Fsp3) is 0.348. The van der Waals surface area contributed by atoms with Gasteiger partial charge in [0.15, 0.2) is 0 Å². The Balaban J connectivity index is 2.40. The Hall–Kier alpha value is -4.33. The van der Waals surface area contributed by atoms with Gasteiger partial charge in [0.25, 0.3) is 0 Å². The zero-order chi connectivity index (χ0) is 25.1. The molecule has 0 aliphatic carbocycles. The summed E-state index contributed by atoms with van der Waals surface area (Å²) in [6.07, 6.45) is 2.58. The van der Waals surface area contributed by atoms with Crippen molar-refractivity contribution in [2.45, 2.75) is 51.1 Å². The summed E-state index contributed by atoms with van der Waals surface area (Å²) < 4.78 is 0. The molecule has 1 aromatic carbocycles. The van der Waals surface area contributed by atoms with Crippen LogP contribution in [0.15, 0.2) is 42.7 Å². The molecule has 1 aromatic heterocycles. The summed E-state index contributed by atoms with van der Waals surface area (Å²) in [6, 6.07) is 7.47. The van der Waals surface area contributed by atoms with Gasteiger partial charge in [-0.2, -0.15) is 5.26 Å². The molecule has 0 spiro atoms. The van der Waals surface area contributed by atoms with Gasteiger partial charge < -0.3 is 15.5 Å². The molecule has 3 N–H and O–H groups in total. The quantitative estimate of drug-likeness (QED) is 0.418. The Morgan fingerprint density at radius 2 is 1.76 bits per heavy atom. The van der Waals surface area contributed by atoms with E-state index in [9.17, 15) is 29.4 Å². The second-order valence-corrected chi connectivity index (χ2v) is 7.45. The molecule has 0 unspecified atom stereocenters. The number of hydrogen-bond acceptors (Lipinski definition) is 7. The smallest absolute Gasteiger partial charge is 0.326 e. The van der Waals surface area contributed by atoms with E-state index in [1.54, 1.807) is 30.3 Å². The maximum atomic E-state index is 13.2. The fourth-order valence-electron chi connectivity index (χ4n) is 3.16. The van der Waals surface area contributed by atoms with Gasteiger partial charge in [-0.15, -0.1) is 0 Å². The summed E-state index contributed by atoms with van der Waals surface area (Å²) in [4.78, 5) is 58.3. The number of benzene rings is 1. The third-order valence-corrected chi connectivity index (χ3v) is 4.88. The standard InChI is InChI=1S/C23H25N5O6/c1-2-3-9-19(29)28(23-25-13-16(12-24)14-26-23)18(11-20(30)31)21(32)27-17(22(33)34)10-15-7-5-4-6-8-15/h4-8,13-14,17-18H,2-3,9-11H2,1H3,(H,27,32)(H,30,31)(H,33,34)/t17-,18-/m0/s1. The van der Waals surface area contributed by atoms with E-state index in [1.165, 1.54) is 0 Å². The highest BCUT2D eigenvalue weighted by molar-refractivity contribution is 6.01. The zero-order valence-corrected chi connectivity index (χ0v) is 18.5. The fourth-order valence-corrected chi connectivity index (χ4v) is 3.16. The normalized spacial score (nSPS) is 12.1. The Kier molecular flexibility index (Phi) is 9.64. The lowest BCUT2D eigenvalue weighted by Crippen LogP contribution is -2.55. The first-order valence-electron chi connectivity index (χ1n) is 10.6. The Labute approximate surface area is 196 Å². The van der Waals surface area contributed by atoms with Crippen LogP contribution in [-0.4, -0.2) is 56.0 Å². The largest absolute Gasteiger partial charge is 0.481 e. The van der Waals surface area contributed by atoms with Crippen molar-refractivity contribution < 1.29 is 29.4 Å². The van der Waals surface area contributed by atoms with Crippen LogP contribution in [-0.2, 0) is 25.6 Å². The first-order valence-corrected chi connectivity index (χ1v) is 10.6. The molecule has 0 fully saturated rings. The van der Waals surface area contributed by atoms with Crippen molar-refractivity contribution in [1.82, 2.24) is 15.3 Å². The van der Waals surface area contributed by atoms with Crippen molar-refractivity contribution in [3.05, 3.63) is 53.9 Å². The number of nitrogens with one attached hydrogen (secondary N) is 1. The van der Waals surface area contributed by atoms with Crippen LogP contribution in [0.4, 0.5) is 5.95 Å². The molecule has 2 rings (SSSR count). The van der Waals surface area contributed by atoms with Crippen molar-refractivity contribution in [3.8, 4) is 6.07 Å². The lowest BCUT2D eigenvalue weighted by atomic mass is 10.0. The summed E-state index contributed by atoms with van der Waals surface area (Å²) in [6.45, 7) is 1.86. The van der Waals surface area contributed by atoms with Gasteiger partial charge in [0, 0.05) is 12.8 Å². The van der Waals surface area contributed by atoms with Crippen molar-refractivity contribution in [2.24, 2.45) is 0 Å². The van der Waals surface area contributed by atoms with Gasteiger partial charge in [0.05, 0.1) is 24.4 Å². The number of nitriles is 1. The van der Waals surface area contributed by atoms with Crippen LogP contribution in [0.25, 0.3) is 0 Å². The van der Waals surface area contributed by atoms with Crippen molar-refractivity contribution in [1.29, 1.82) is 5.26 Å². The maximum absolute atomic E-state index is 13.2. The van der Waals surface area contributed by atoms with Crippen LogP contribution in [0, 0.1) is 11.3 Å². The molecule has 0 saturated carbocycles. The summed E-state index contributed by atoms with van der Waals surface area (Å²) in [5, 5.41) is 30.4. The number of nitrogens with zero attached hydrogens (tertiary/aromatic N) is 4. The minimum Gasteiger partial charge on any atom is -0.481 e. The Bertz CT molecular complexity index is 1050. The molecule has 0 radical (unpaired) electrons. The van der Waals surface area contributed by atoms with E-state index in [-0.39, 0.29) is 24.4 Å². The van der Waals surface area contributed by atoms with Gasteiger partial charge in [0.1, 0.15) is 18.2 Å². The van der Waals surface area contributed by atoms with Gasteiger partial charge >= 0.3 is 11.9 Å². The number of unbranched alkanes of at least 4 members (excludes halogenated alkanes) is 1. The first kappa shape index (κ1) is 25.9. The number of aliphatic carboxylic acids is 2. The lowest BCUT2D eigenvalue weighted by Gasteiger charge is -2.29. The first-order chi connectivity index (χ1) is 16.3. The average molecular weight is 467 g/mol. The number of carboxylic acid groups (broad SMARTS) is 2. The summed E-state index contributed by atoms with van der Waals surface area (Å²) >= 11 is 0. The molecule has 1 heterocycles. The molecule has 0 saturated heterocycles. The number of carboxylic acids is 2. The second-order valence-electron chi connectivity index (χ2n) is 7.45. The van der Waals surface area contributed by atoms with Gasteiger partial charge in [-0.25, -0.2) is 14.8 Å². The minimum absolute atomic E-state index is 0.00433. The topological polar surface area (TPSA) is 174 Å². The molecule has 0 aliphatic rings. The number of carbonyl (C=O) groups is 4. The molecule has 2 amide bonds. The number of hydrogen-bond donors (Lipinski definition) is 3. The molecular formula is C23H25N5O6. The molecule has 11 nitrogen and oxygen atoms in total. The van der Waals surface area contributed by atoms with E-state index in [1.807, 2.05) is 13.0 Å². The lowest BCUT2D eigenvalue weighted by molar-refractivity contribution is -0.142. The molecule has 0 bridgehead atoms. The van der Waals surface area contributed by atoms with E-state index in [0.717, 1.165) is 17.3 Å². The molecule has 2 atom stereocenters. The zero-order valence-electron chi connectivity index (χ0n) is 18.5. The predicted molar refractivity (Wildman–Crippen MR) is 120 cm³/mol. The summed E-state index contributed by atoms with van der Waals surface area (Å²) in [5.74, 6) is -4.51. The van der Waals surface area contributed by atoms with Crippen LogP contribution >= 0.6 is 0 Å². The number of anilines is 1. The average Bonchev–Trinajstić information content (AvgIpc) is 2.82. The predicted octanol–water partition coefficient (Wildman–Crippen LogP) is 1.53. The number of aromatic nitrogens is 2. The van der Waals surface area contributed by atoms with Gasteiger partial charge in [-0.05, 0) is 12.0 Å². The number of amides is 2. The Morgan fingerprint density at radius 1 is 1.12 bits per heavy atom. The summed E-state index contributed by atoms with van der Waals surface area (Å²) in [5.41, 5.74) is 0.758. The van der Waals surface area contributed by atoms with Crippen LogP contribution in [0.1, 0.15) is 43.7 Å². The number of rotatable bonds is 12. The van der Waals surface area contributed by atoms with Crippen LogP contribution < -0.4 is 10.2 Å². The van der Waals surface area contributed by atoms with E-state index >= 15 is 0 Å². The van der Waals surface area contributed by atoms with Crippen molar-refractivity contribution >= 4 is 29.7 Å². The minimum atomic E-state index is -1.60. The number of carbonyl (C=O) groups excluding carboxylic acids is 2. The van der Waals surface area contributed by atoms with E-state index in [4.69, 9.17) is 5.26 Å². The SMILES string of the molecule is CCCCC(=O)N(c1ncc(C#N)cn1)[C@@H](CC(=O)O)C(=O)N[C@@H](Cc1ccccc1)C(=O)O. The van der Waals surface area contributed by atoms with Crippen molar-refractivity contribution in [2.75, 3.05) is 4.90 Å². The van der Waals surface area contributed by atoms with E-state index in [2.05, 4.69) is 15.3 Å². The molecular weight excluding hydrogens is 442 g/mol. The van der Waals surface area contributed by atoms with E-state index in [0.29, 0.717) is 18.4 Å². The molecule has 11 heteroatoms. The monoisotopic (exact) mass is 467 g/mol. The van der Waals surface area contributed by atoms with Crippen LogP contribution in [0.5, 0.6) is 0 Å². The second kappa shape index (κ2) is 12.6. The highest BCUT2D eigenvalue weighted by Crippen LogP contribution is 2.18. The van der Waals surface area contributed by atoms with Crippen molar-refractivity contribution in [3.63, 3.8) is 0 Å².